The molecular weight excluding hydrogens is 297 g/mol. The van der Waals surface area contributed by atoms with Crippen molar-refractivity contribution in [2.24, 2.45) is 0 Å². The number of carbonyl (C=O) groups is 1. The van der Waals surface area contributed by atoms with E-state index in [0.717, 1.165) is 25.9 Å². The van der Waals surface area contributed by atoms with E-state index in [1.165, 1.54) is 12.1 Å². The normalized spacial score (nSPS) is 19.0. The largest absolute Gasteiger partial charge is 0.406 e. The number of nitrogens with one attached hydrogen (secondary N) is 1. The summed E-state index contributed by atoms with van der Waals surface area (Å²) in [4.78, 5) is 12.9. The highest BCUT2D eigenvalue weighted by Gasteiger charge is 2.33. The van der Waals surface area contributed by atoms with Gasteiger partial charge in [-0.25, -0.2) is 0 Å². The summed E-state index contributed by atoms with van der Waals surface area (Å²) in [6.45, 7) is 3.60. The fraction of sp³-hybridized carbons (Fsp3) is 0.571. The first-order valence-corrected chi connectivity index (χ1v) is 7.13. The zero-order chi connectivity index (χ0) is 16.2. The minimum Gasteiger partial charge on any atom is -0.324 e. The number of aromatic nitrogens is 2. The van der Waals surface area contributed by atoms with Crippen LogP contribution in [0.5, 0.6) is 0 Å². The monoisotopic (exact) mass is 316 g/mol. The maximum Gasteiger partial charge on any atom is 0.406 e. The summed E-state index contributed by atoms with van der Waals surface area (Å²) in [5.41, 5.74) is 0.0247. The highest BCUT2D eigenvalue weighted by atomic mass is 19.4. The van der Waals surface area contributed by atoms with Gasteiger partial charge in [-0.05, 0) is 25.5 Å². The van der Waals surface area contributed by atoms with E-state index in [9.17, 15) is 18.0 Å². The zero-order valence-electron chi connectivity index (χ0n) is 12.1. The van der Waals surface area contributed by atoms with Crippen LogP contribution in [-0.2, 0) is 0 Å². The number of rotatable bonds is 5. The molecule has 1 N–H and O–H groups in total. The van der Waals surface area contributed by atoms with Gasteiger partial charge < -0.3 is 10.2 Å². The number of amides is 1. The van der Waals surface area contributed by atoms with Crippen molar-refractivity contribution in [2.45, 2.75) is 25.1 Å². The van der Waals surface area contributed by atoms with Crippen molar-refractivity contribution < 1.29 is 18.0 Å². The van der Waals surface area contributed by atoms with Crippen molar-refractivity contribution >= 4 is 5.91 Å². The molecule has 0 spiro atoms. The Hall–Kier alpha value is -1.83. The molecule has 122 valence electrons. The van der Waals surface area contributed by atoms with E-state index in [1.54, 1.807) is 10.9 Å². The van der Waals surface area contributed by atoms with Crippen molar-refractivity contribution in [3.8, 4) is 0 Å². The molecule has 1 aromatic rings. The first-order chi connectivity index (χ1) is 10.4. The van der Waals surface area contributed by atoms with E-state index in [1.807, 2.05) is 0 Å². The van der Waals surface area contributed by atoms with Crippen molar-refractivity contribution in [2.75, 3.05) is 26.2 Å². The van der Waals surface area contributed by atoms with Crippen molar-refractivity contribution in [1.82, 2.24) is 20.0 Å². The molecule has 0 bridgehead atoms. The molecule has 0 aliphatic carbocycles. The molecular formula is C14H19F3N4O. The number of nitrogens with zero attached hydrogens (tertiary/aromatic N) is 3. The Labute approximate surface area is 126 Å². The molecule has 2 heterocycles. The van der Waals surface area contributed by atoms with Crippen LogP contribution in [0.25, 0.3) is 0 Å². The second kappa shape index (κ2) is 6.95. The first-order valence-electron chi connectivity index (χ1n) is 7.13. The van der Waals surface area contributed by atoms with Gasteiger partial charge in [0.25, 0.3) is 5.91 Å². The van der Waals surface area contributed by atoms with Crippen molar-refractivity contribution in [3.63, 3.8) is 0 Å². The first kappa shape index (κ1) is 16.5. The van der Waals surface area contributed by atoms with Crippen molar-refractivity contribution in [1.29, 1.82) is 0 Å². The molecule has 1 saturated heterocycles. The van der Waals surface area contributed by atoms with Gasteiger partial charge in [0.1, 0.15) is 12.2 Å². The molecule has 1 unspecified atom stereocenters. The van der Waals surface area contributed by atoms with Gasteiger partial charge in [0, 0.05) is 19.3 Å². The molecule has 1 atom stereocenters. The SMILES string of the molecule is C=CCN(CC(F)(F)F)C(=O)c1ccn(C2CCCNC2)n1. The molecule has 1 amide bonds. The van der Waals surface area contributed by atoms with Gasteiger partial charge in [-0.3, -0.25) is 9.48 Å². The Kier molecular flexibility index (Phi) is 5.23. The van der Waals surface area contributed by atoms with Crippen molar-refractivity contribution in [3.05, 3.63) is 30.6 Å². The van der Waals surface area contributed by atoms with Crippen LogP contribution in [-0.4, -0.2) is 52.9 Å². The molecule has 22 heavy (non-hydrogen) atoms. The fourth-order valence-electron chi connectivity index (χ4n) is 2.47. The third-order valence-corrected chi connectivity index (χ3v) is 3.48. The third kappa shape index (κ3) is 4.33. The lowest BCUT2D eigenvalue weighted by molar-refractivity contribution is -0.139. The molecule has 1 aromatic heterocycles. The summed E-state index contributed by atoms with van der Waals surface area (Å²) in [5, 5.41) is 7.38. The summed E-state index contributed by atoms with van der Waals surface area (Å²) in [5.74, 6) is -0.736. The van der Waals surface area contributed by atoms with E-state index < -0.39 is 18.6 Å². The van der Waals surface area contributed by atoms with E-state index in [-0.39, 0.29) is 18.3 Å². The summed E-state index contributed by atoms with van der Waals surface area (Å²) < 4.78 is 39.3. The number of hydrogen-bond donors (Lipinski definition) is 1. The molecule has 1 aliphatic heterocycles. The molecule has 1 fully saturated rings. The Morgan fingerprint density at radius 2 is 2.36 bits per heavy atom. The van der Waals surface area contributed by atoms with Gasteiger partial charge in [0.2, 0.25) is 0 Å². The summed E-state index contributed by atoms with van der Waals surface area (Å²) in [6, 6.07) is 1.59. The second-order valence-corrected chi connectivity index (χ2v) is 5.27. The standard InChI is InChI=1S/C14H19F3N4O/c1-2-7-20(10-14(15,16)17)13(22)12-5-8-21(19-12)11-4-3-6-18-9-11/h2,5,8,11,18H,1,3-4,6-7,9-10H2. The molecule has 0 radical (unpaired) electrons. The minimum absolute atomic E-state index is 0.0247. The fourth-order valence-corrected chi connectivity index (χ4v) is 2.47. The van der Waals surface area contributed by atoms with Gasteiger partial charge in [-0.2, -0.15) is 18.3 Å². The van der Waals surface area contributed by atoms with Crippen LogP contribution in [0.1, 0.15) is 29.4 Å². The topological polar surface area (TPSA) is 50.2 Å². The molecule has 1 aliphatic rings. The minimum atomic E-state index is -4.45. The average Bonchev–Trinajstić information content (AvgIpc) is 2.95. The lowest BCUT2D eigenvalue weighted by Gasteiger charge is -2.23. The maximum atomic E-state index is 12.5. The van der Waals surface area contributed by atoms with Gasteiger partial charge in [-0.15, -0.1) is 6.58 Å². The van der Waals surface area contributed by atoms with Crippen LogP contribution in [0.2, 0.25) is 0 Å². The Bertz CT molecular complexity index is 520. The van der Waals surface area contributed by atoms with E-state index in [2.05, 4.69) is 17.0 Å². The molecule has 5 nitrogen and oxygen atoms in total. The predicted octanol–water partition coefficient (Wildman–Crippen LogP) is 2.00. The molecule has 8 heteroatoms. The van der Waals surface area contributed by atoms with Crippen LogP contribution in [0, 0.1) is 0 Å². The summed E-state index contributed by atoms with van der Waals surface area (Å²) in [7, 11) is 0. The number of carbonyl (C=O) groups excluding carboxylic acids is 1. The average molecular weight is 316 g/mol. The van der Waals surface area contributed by atoms with Gasteiger partial charge >= 0.3 is 6.18 Å². The lowest BCUT2D eigenvalue weighted by atomic mass is 10.1. The van der Waals surface area contributed by atoms with Gasteiger partial charge in [0.05, 0.1) is 6.04 Å². The Balaban J connectivity index is 2.09. The van der Waals surface area contributed by atoms with Crippen LogP contribution in [0.15, 0.2) is 24.9 Å². The summed E-state index contributed by atoms with van der Waals surface area (Å²) in [6.07, 6.45) is 0.399. The zero-order valence-corrected chi connectivity index (χ0v) is 12.1. The quantitative estimate of drug-likeness (QED) is 0.845. The molecule has 2 rings (SSSR count). The van der Waals surface area contributed by atoms with Crippen LogP contribution in [0.4, 0.5) is 13.2 Å². The summed E-state index contributed by atoms with van der Waals surface area (Å²) >= 11 is 0. The van der Waals surface area contributed by atoms with E-state index >= 15 is 0 Å². The Morgan fingerprint density at radius 3 is 2.95 bits per heavy atom. The number of piperidine rings is 1. The second-order valence-electron chi connectivity index (χ2n) is 5.27. The molecule has 0 aromatic carbocycles. The highest BCUT2D eigenvalue weighted by Crippen LogP contribution is 2.19. The van der Waals surface area contributed by atoms with Crippen LogP contribution >= 0.6 is 0 Å². The lowest BCUT2D eigenvalue weighted by Crippen LogP contribution is -2.39. The third-order valence-electron chi connectivity index (χ3n) is 3.48. The number of halogens is 3. The van der Waals surface area contributed by atoms with E-state index in [4.69, 9.17) is 0 Å². The van der Waals surface area contributed by atoms with Crippen LogP contribution in [0.3, 0.4) is 0 Å². The Morgan fingerprint density at radius 1 is 1.59 bits per heavy atom. The van der Waals surface area contributed by atoms with E-state index in [0.29, 0.717) is 4.90 Å². The van der Waals surface area contributed by atoms with Gasteiger partial charge in [0.15, 0.2) is 0 Å². The molecule has 0 saturated carbocycles. The van der Waals surface area contributed by atoms with Crippen LogP contribution < -0.4 is 5.32 Å². The highest BCUT2D eigenvalue weighted by molar-refractivity contribution is 5.92. The van der Waals surface area contributed by atoms with Gasteiger partial charge in [-0.1, -0.05) is 6.08 Å². The number of hydrogen-bond acceptors (Lipinski definition) is 3. The number of alkyl halides is 3. The maximum absolute atomic E-state index is 12.5. The predicted molar refractivity (Wildman–Crippen MR) is 75.5 cm³/mol. The smallest absolute Gasteiger partial charge is 0.324 e.